The van der Waals surface area contributed by atoms with Crippen molar-refractivity contribution in [1.82, 2.24) is 15.2 Å². The lowest BCUT2D eigenvalue weighted by atomic mass is 10.3. The van der Waals surface area contributed by atoms with Gasteiger partial charge in [-0.05, 0) is 30.8 Å². The molecule has 1 aromatic carbocycles. The van der Waals surface area contributed by atoms with Gasteiger partial charge in [-0.2, -0.15) is 0 Å². The molecular formula is C13H11N3O2S2. The van der Waals surface area contributed by atoms with Crippen molar-refractivity contribution in [3.05, 3.63) is 35.3 Å². The number of esters is 1. The van der Waals surface area contributed by atoms with Crippen LogP contribution in [0.4, 0.5) is 0 Å². The highest BCUT2D eigenvalue weighted by Crippen LogP contribution is 2.31. The maximum Gasteiger partial charge on any atom is 0.369 e. The second kappa shape index (κ2) is 5.64. The minimum absolute atomic E-state index is 0.283. The van der Waals surface area contributed by atoms with Gasteiger partial charge >= 0.3 is 5.97 Å². The van der Waals surface area contributed by atoms with Gasteiger partial charge in [0.2, 0.25) is 5.01 Å². The van der Waals surface area contributed by atoms with Crippen LogP contribution >= 0.6 is 23.1 Å². The molecule has 102 valence electrons. The Hall–Kier alpha value is -1.86. The number of hydrogen-bond donors (Lipinski definition) is 1. The molecule has 3 aromatic rings. The molecule has 0 unspecified atom stereocenters. The van der Waals surface area contributed by atoms with Crippen LogP contribution in [0.1, 0.15) is 16.7 Å². The van der Waals surface area contributed by atoms with Crippen LogP contribution in [0.25, 0.3) is 10.9 Å². The molecule has 1 N–H and O–H groups in total. The number of aromatic amines is 1. The number of fused-ring (bicyclic) bond motifs is 1. The number of carbonyl (C=O) groups is 1. The van der Waals surface area contributed by atoms with Crippen molar-refractivity contribution in [2.45, 2.75) is 16.3 Å². The molecule has 0 aliphatic rings. The van der Waals surface area contributed by atoms with Crippen LogP contribution < -0.4 is 0 Å². The third-order valence-electron chi connectivity index (χ3n) is 2.56. The van der Waals surface area contributed by atoms with Crippen molar-refractivity contribution >= 4 is 40.0 Å². The van der Waals surface area contributed by atoms with Crippen molar-refractivity contribution in [2.24, 2.45) is 0 Å². The van der Waals surface area contributed by atoms with E-state index in [9.17, 15) is 4.79 Å². The molecule has 0 spiro atoms. The molecule has 0 saturated heterocycles. The molecule has 5 nitrogen and oxygen atoms in total. The minimum atomic E-state index is -0.423. The van der Waals surface area contributed by atoms with Gasteiger partial charge in [0, 0.05) is 10.9 Å². The van der Waals surface area contributed by atoms with Gasteiger partial charge in [-0.1, -0.05) is 29.5 Å². The van der Waals surface area contributed by atoms with E-state index in [1.54, 1.807) is 6.92 Å². The van der Waals surface area contributed by atoms with Gasteiger partial charge in [-0.25, -0.2) is 4.79 Å². The Balaban J connectivity index is 1.79. The van der Waals surface area contributed by atoms with E-state index in [4.69, 9.17) is 4.74 Å². The fourth-order valence-corrected chi connectivity index (χ4v) is 3.48. The summed E-state index contributed by atoms with van der Waals surface area (Å²) >= 11 is 2.68. The van der Waals surface area contributed by atoms with Gasteiger partial charge < -0.3 is 9.72 Å². The van der Waals surface area contributed by atoms with Crippen LogP contribution in [-0.2, 0) is 4.74 Å². The topological polar surface area (TPSA) is 67.9 Å². The highest BCUT2D eigenvalue weighted by atomic mass is 32.2. The first kappa shape index (κ1) is 13.1. The van der Waals surface area contributed by atoms with Crippen molar-refractivity contribution in [2.75, 3.05) is 6.61 Å². The third kappa shape index (κ3) is 2.68. The summed E-state index contributed by atoms with van der Waals surface area (Å²) < 4.78 is 5.60. The Morgan fingerprint density at radius 2 is 2.25 bits per heavy atom. The number of benzene rings is 1. The quantitative estimate of drug-likeness (QED) is 0.749. The number of nitrogens with zero attached hydrogens (tertiary/aromatic N) is 2. The lowest BCUT2D eigenvalue weighted by Gasteiger charge is -1.94. The van der Waals surface area contributed by atoms with E-state index < -0.39 is 5.97 Å². The SMILES string of the molecule is CCOC(=O)c1nnc(Sc2cc3ccccc3[nH]2)s1. The molecule has 20 heavy (non-hydrogen) atoms. The summed E-state index contributed by atoms with van der Waals surface area (Å²) in [5, 5.41) is 10.2. The lowest BCUT2D eigenvalue weighted by molar-refractivity contribution is 0.0525. The fraction of sp³-hybridized carbons (Fsp3) is 0.154. The number of nitrogens with one attached hydrogen (secondary N) is 1. The van der Waals surface area contributed by atoms with E-state index >= 15 is 0 Å². The minimum Gasteiger partial charge on any atom is -0.461 e. The fourth-order valence-electron chi connectivity index (χ4n) is 1.72. The maximum atomic E-state index is 11.5. The Labute approximate surface area is 123 Å². The zero-order valence-corrected chi connectivity index (χ0v) is 12.3. The van der Waals surface area contributed by atoms with Gasteiger partial charge in [0.05, 0.1) is 11.6 Å². The number of aromatic nitrogens is 3. The normalized spacial score (nSPS) is 10.8. The average Bonchev–Trinajstić information content (AvgIpc) is 3.05. The molecule has 0 aliphatic heterocycles. The van der Waals surface area contributed by atoms with Gasteiger partial charge in [-0.3, -0.25) is 0 Å². The zero-order chi connectivity index (χ0) is 13.9. The van der Waals surface area contributed by atoms with Crippen molar-refractivity contribution in [3.8, 4) is 0 Å². The summed E-state index contributed by atoms with van der Waals surface area (Å²) in [5.74, 6) is -0.423. The van der Waals surface area contributed by atoms with Crippen LogP contribution in [0.5, 0.6) is 0 Å². The number of rotatable bonds is 4. The van der Waals surface area contributed by atoms with Crippen molar-refractivity contribution in [1.29, 1.82) is 0 Å². The Kier molecular flexibility index (Phi) is 3.70. The van der Waals surface area contributed by atoms with Crippen molar-refractivity contribution < 1.29 is 9.53 Å². The van der Waals surface area contributed by atoms with E-state index in [0.717, 1.165) is 15.9 Å². The second-order valence-electron chi connectivity index (χ2n) is 3.92. The van der Waals surface area contributed by atoms with Crippen LogP contribution in [0.3, 0.4) is 0 Å². The van der Waals surface area contributed by atoms with Crippen LogP contribution in [0.15, 0.2) is 39.7 Å². The Bertz CT molecular complexity index is 718. The first-order valence-electron chi connectivity index (χ1n) is 6.02. The number of hydrogen-bond acceptors (Lipinski definition) is 6. The lowest BCUT2D eigenvalue weighted by Crippen LogP contribution is -2.03. The molecule has 0 aliphatic carbocycles. The largest absolute Gasteiger partial charge is 0.461 e. The number of H-pyrrole nitrogens is 1. The first-order valence-corrected chi connectivity index (χ1v) is 7.66. The van der Waals surface area contributed by atoms with Crippen molar-refractivity contribution in [3.63, 3.8) is 0 Å². The summed E-state index contributed by atoms with van der Waals surface area (Å²) in [5.41, 5.74) is 1.07. The first-order chi connectivity index (χ1) is 9.76. The van der Waals surface area contributed by atoms with Gasteiger partial charge in [0.25, 0.3) is 0 Å². The predicted molar refractivity (Wildman–Crippen MR) is 78.3 cm³/mol. The standard InChI is InChI=1S/C13H11N3O2S2/c1-2-18-12(17)11-15-16-13(20-11)19-10-7-8-5-3-4-6-9(8)14-10/h3-7,14H,2H2,1H3. The molecule has 0 radical (unpaired) electrons. The second-order valence-corrected chi connectivity index (χ2v) is 6.18. The summed E-state index contributed by atoms with van der Waals surface area (Å²) in [6.45, 7) is 2.10. The summed E-state index contributed by atoms with van der Waals surface area (Å²) in [4.78, 5) is 14.8. The number of para-hydroxylation sites is 1. The van der Waals surface area contributed by atoms with Crippen LogP contribution in [0, 0.1) is 0 Å². The van der Waals surface area contributed by atoms with Gasteiger partial charge in [0.1, 0.15) is 0 Å². The van der Waals surface area contributed by atoms with Crippen LogP contribution in [-0.4, -0.2) is 27.8 Å². The van der Waals surface area contributed by atoms with E-state index in [1.165, 1.54) is 23.1 Å². The summed E-state index contributed by atoms with van der Waals surface area (Å²) in [6, 6.07) is 10.1. The molecule has 3 rings (SSSR count). The molecule has 0 amide bonds. The Morgan fingerprint density at radius 3 is 3.05 bits per heavy atom. The molecule has 0 saturated carbocycles. The molecule has 0 fully saturated rings. The number of carbonyl (C=O) groups excluding carboxylic acids is 1. The molecule has 7 heteroatoms. The highest BCUT2D eigenvalue weighted by molar-refractivity contribution is 8.01. The van der Waals surface area contributed by atoms with E-state index in [2.05, 4.69) is 15.2 Å². The summed E-state index contributed by atoms with van der Waals surface area (Å²) in [7, 11) is 0. The molecule has 2 aromatic heterocycles. The smallest absolute Gasteiger partial charge is 0.369 e. The van der Waals surface area contributed by atoms with Gasteiger partial charge in [0.15, 0.2) is 4.34 Å². The molecular weight excluding hydrogens is 294 g/mol. The predicted octanol–water partition coefficient (Wildman–Crippen LogP) is 3.35. The maximum absolute atomic E-state index is 11.5. The Morgan fingerprint density at radius 1 is 1.40 bits per heavy atom. The summed E-state index contributed by atoms with van der Waals surface area (Å²) in [6.07, 6.45) is 0. The molecule has 0 bridgehead atoms. The van der Waals surface area contributed by atoms with E-state index in [1.807, 2.05) is 30.3 Å². The van der Waals surface area contributed by atoms with Crippen LogP contribution in [0.2, 0.25) is 0 Å². The zero-order valence-electron chi connectivity index (χ0n) is 10.6. The molecule has 2 heterocycles. The third-order valence-corrected chi connectivity index (χ3v) is 4.45. The average molecular weight is 305 g/mol. The molecule has 0 atom stereocenters. The number of ether oxygens (including phenoxy) is 1. The van der Waals surface area contributed by atoms with E-state index in [-0.39, 0.29) is 5.01 Å². The van der Waals surface area contributed by atoms with Gasteiger partial charge in [-0.15, -0.1) is 10.2 Å². The highest BCUT2D eigenvalue weighted by Gasteiger charge is 2.15. The van der Waals surface area contributed by atoms with E-state index in [0.29, 0.717) is 10.9 Å². The monoisotopic (exact) mass is 305 g/mol.